The summed E-state index contributed by atoms with van der Waals surface area (Å²) in [6.07, 6.45) is 4.41. The standard InChI is InChI=1S/C16H23ClN2OS/c1-11(21-15-9-3-12(17)4-10-15)16(20)19-14-7-5-13(18-2)6-8-14/h3-4,9-11,13-14,18H,5-8H2,1-2H3,(H,19,20). The fourth-order valence-electron chi connectivity index (χ4n) is 2.62. The van der Waals surface area contributed by atoms with Gasteiger partial charge in [0.15, 0.2) is 0 Å². The molecule has 0 aliphatic heterocycles. The zero-order valence-corrected chi connectivity index (χ0v) is 14.1. The van der Waals surface area contributed by atoms with Crippen LogP contribution in [0.4, 0.5) is 0 Å². The van der Waals surface area contributed by atoms with E-state index in [0.717, 1.165) is 35.6 Å². The molecule has 0 saturated heterocycles. The fraction of sp³-hybridized carbons (Fsp3) is 0.562. The molecule has 5 heteroatoms. The van der Waals surface area contributed by atoms with Crippen molar-refractivity contribution in [2.45, 2.75) is 54.8 Å². The molecule has 1 fully saturated rings. The summed E-state index contributed by atoms with van der Waals surface area (Å²) in [6, 6.07) is 8.56. The smallest absolute Gasteiger partial charge is 0.233 e. The van der Waals surface area contributed by atoms with Gasteiger partial charge in [-0.05, 0) is 63.9 Å². The van der Waals surface area contributed by atoms with E-state index in [2.05, 4.69) is 10.6 Å². The lowest BCUT2D eigenvalue weighted by molar-refractivity contribution is -0.121. The van der Waals surface area contributed by atoms with Crippen LogP contribution in [0.2, 0.25) is 5.02 Å². The second-order valence-corrected chi connectivity index (χ2v) is 7.41. The van der Waals surface area contributed by atoms with E-state index in [4.69, 9.17) is 11.6 Å². The summed E-state index contributed by atoms with van der Waals surface area (Å²) in [4.78, 5) is 13.3. The van der Waals surface area contributed by atoms with Crippen molar-refractivity contribution in [2.24, 2.45) is 0 Å². The Morgan fingerprint density at radius 1 is 1.19 bits per heavy atom. The maximum absolute atomic E-state index is 12.3. The molecule has 3 nitrogen and oxygen atoms in total. The minimum atomic E-state index is -0.0896. The van der Waals surface area contributed by atoms with Gasteiger partial charge in [0.1, 0.15) is 0 Å². The summed E-state index contributed by atoms with van der Waals surface area (Å²) in [6.45, 7) is 1.95. The number of amides is 1. The van der Waals surface area contributed by atoms with E-state index in [0.29, 0.717) is 12.1 Å². The third-order valence-corrected chi connectivity index (χ3v) is 5.34. The molecular formula is C16H23ClN2OS. The van der Waals surface area contributed by atoms with Crippen LogP contribution in [0.1, 0.15) is 32.6 Å². The van der Waals surface area contributed by atoms with Gasteiger partial charge in [0.25, 0.3) is 0 Å². The van der Waals surface area contributed by atoms with Crippen LogP contribution in [0.15, 0.2) is 29.2 Å². The Morgan fingerprint density at radius 3 is 2.33 bits per heavy atom. The highest BCUT2D eigenvalue weighted by atomic mass is 35.5. The largest absolute Gasteiger partial charge is 0.352 e. The van der Waals surface area contributed by atoms with Gasteiger partial charge in [0, 0.05) is 22.0 Å². The van der Waals surface area contributed by atoms with Crippen molar-refractivity contribution in [1.29, 1.82) is 0 Å². The van der Waals surface area contributed by atoms with E-state index >= 15 is 0 Å². The second-order valence-electron chi connectivity index (χ2n) is 5.56. The summed E-state index contributed by atoms with van der Waals surface area (Å²) < 4.78 is 0. The number of carbonyl (C=O) groups excluding carboxylic acids is 1. The summed E-state index contributed by atoms with van der Waals surface area (Å²) in [7, 11) is 2.01. The van der Waals surface area contributed by atoms with Crippen LogP contribution < -0.4 is 10.6 Å². The molecular weight excluding hydrogens is 304 g/mol. The summed E-state index contributed by atoms with van der Waals surface area (Å²) in [5, 5.41) is 7.12. The Kier molecular flexibility index (Phi) is 6.40. The average molecular weight is 327 g/mol. The summed E-state index contributed by atoms with van der Waals surface area (Å²) >= 11 is 7.44. The van der Waals surface area contributed by atoms with Crippen LogP contribution in [0.5, 0.6) is 0 Å². The number of carbonyl (C=O) groups is 1. The van der Waals surface area contributed by atoms with Gasteiger partial charge in [-0.2, -0.15) is 0 Å². The molecule has 0 radical (unpaired) electrons. The number of nitrogens with one attached hydrogen (secondary N) is 2. The van der Waals surface area contributed by atoms with Crippen LogP contribution in [0.3, 0.4) is 0 Å². The number of benzene rings is 1. The molecule has 1 aliphatic rings. The van der Waals surface area contributed by atoms with Gasteiger partial charge in [-0.25, -0.2) is 0 Å². The van der Waals surface area contributed by atoms with Gasteiger partial charge >= 0.3 is 0 Å². The monoisotopic (exact) mass is 326 g/mol. The molecule has 0 spiro atoms. The number of rotatable bonds is 5. The molecule has 2 N–H and O–H groups in total. The number of thioether (sulfide) groups is 1. The molecule has 1 unspecified atom stereocenters. The highest BCUT2D eigenvalue weighted by Crippen LogP contribution is 2.25. The van der Waals surface area contributed by atoms with E-state index in [1.54, 1.807) is 11.8 Å². The molecule has 2 rings (SSSR count). The maximum atomic E-state index is 12.3. The van der Waals surface area contributed by atoms with Crippen molar-refractivity contribution < 1.29 is 4.79 Å². The van der Waals surface area contributed by atoms with E-state index in [1.165, 1.54) is 0 Å². The second kappa shape index (κ2) is 8.06. The Labute approximate surface area is 136 Å². The lowest BCUT2D eigenvalue weighted by Gasteiger charge is -2.29. The predicted octanol–water partition coefficient (Wildman–Crippen LogP) is 3.47. The lowest BCUT2D eigenvalue weighted by Crippen LogP contribution is -2.43. The van der Waals surface area contributed by atoms with E-state index in [-0.39, 0.29) is 11.2 Å². The number of hydrogen-bond donors (Lipinski definition) is 2. The first kappa shape index (κ1) is 16.7. The molecule has 1 atom stereocenters. The average Bonchev–Trinajstić information content (AvgIpc) is 2.50. The molecule has 1 amide bonds. The van der Waals surface area contributed by atoms with Gasteiger partial charge in [-0.15, -0.1) is 11.8 Å². The molecule has 1 aliphatic carbocycles. The maximum Gasteiger partial charge on any atom is 0.233 e. The number of halogens is 1. The van der Waals surface area contributed by atoms with Crippen LogP contribution in [-0.4, -0.2) is 30.3 Å². The van der Waals surface area contributed by atoms with Crippen molar-refractivity contribution in [1.82, 2.24) is 10.6 Å². The Balaban J connectivity index is 1.78. The molecule has 1 saturated carbocycles. The van der Waals surface area contributed by atoms with Crippen molar-refractivity contribution in [3.63, 3.8) is 0 Å². The summed E-state index contributed by atoms with van der Waals surface area (Å²) in [5.41, 5.74) is 0. The highest BCUT2D eigenvalue weighted by Gasteiger charge is 2.23. The van der Waals surface area contributed by atoms with Crippen LogP contribution in [0, 0.1) is 0 Å². The Morgan fingerprint density at radius 2 is 1.76 bits per heavy atom. The third kappa shape index (κ3) is 5.20. The third-order valence-electron chi connectivity index (χ3n) is 3.98. The zero-order chi connectivity index (χ0) is 15.2. The normalized spacial score (nSPS) is 23.6. The van der Waals surface area contributed by atoms with Crippen molar-refractivity contribution in [3.05, 3.63) is 29.3 Å². The van der Waals surface area contributed by atoms with Crippen molar-refractivity contribution in [2.75, 3.05) is 7.05 Å². The molecule has 116 valence electrons. The van der Waals surface area contributed by atoms with Gasteiger partial charge in [0.2, 0.25) is 5.91 Å². The van der Waals surface area contributed by atoms with Gasteiger partial charge in [-0.3, -0.25) is 4.79 Å². The quantitative estimate of drug-likeness (QED) is 0.814. The van der Waals surface area contributed by atoms with Gasteiger partial charge < -0.3 is 10.6 Å². The molecule has 1 aromatic rings. The van der Waals surface area contributed by atoms with Gasteiger partial charge in [-0.1, -0.05) is 11.6 Å². The van der Waals surface area contributed by atoms with E-state index in [9.17, 15) is 4.79 Å². The van der Waals surface area contributed by atoms with E-state index in [1.807, 2.05) is 38.2 Å². The SMILES string of the molecule is CNC1CCC(NC(=O)C(C)Sc2ccc(Cl)cc2)CC1. The first-order chi connectivity index (χ1) is 10.1. The topological polar surface area (TPSA) is 41.1 Å². The molecule has 0 bridgehead atoms. The first-order valence-corrected chi connectivity index (χ1v) is 8.74. The van der Waals surface area contributed by atoms with Crippen LogP contribution in [0.25, 0.3) is 0 Å². The van der Waals surface area contributed by atoms with Crippen LogP contribution in [-0.2, 0) is 4.79 Å². The summed E-state index contributed by atoms with van der Waals surface area (Å²) in [5.74, 6) is 0.128. The lowest BCUT2D eigenvalue weighted by atomic mass is 9.91. The molecule has 0 aromatic heterocycles. The Hall–Kier alpha value is -0.710. The molecule has 1 aromatic carbocycles. The highest BCUT2D eigenvalue weighted by molar-refractivity contribution is 8.00. The van der Waals surface area contributed by atoms with Gasteiger partial charge in [0.05, 0.1) is 5.25 Å². The van der Waals surface area contributed by atoms with Crippen molar-refractivity contribution >= 4 is 29.3 Å². The zero-order valence-electron chi connectivity index (χ0n) is 12.6. The fourth-order valence-corrected chi connectivity index (χ4v) is 3.62. The minimum absolute atomic E-state index is 0.0896. The Bertz CT molecular complexity index is 458. The van der Waals surface area contributed by atoms with Crippen LogP contribution >= 0.6 is 23.4 Å². The van der Waals surface area contributed by atoms with E-state index < -0.39 is 0 Å². The molecule has 0 heterocycles. The van der Waals surface area contributed by atoms with Crippen molar-refractivity contribution in [3.8, 4) is 0 Å². The molecule has 21 heavy (non-hydrogen) atoms. The predicted molar refractivity (Wildman–Crippen MR) is 90.0 cm³/mol. The first-order valence-electron chi connectivity index (χ1n) is 7.48. The number of hydrogen-bond acceptors (Lipinski definition) is 3. The minimum Gasteiger partial charge on any atom is -0.352 e.